The van der Waals surface area contributed by atoms with Crippen LogP contribution in [0.2, 0.25) is 0 Å². The van der Waals surface area contributed by atoms with Gasteiger partial charge in [-0.05, 0) is 12.8 Å². The van der Waals surface area contributed by atoms with Crippen molar-refractivity contribution in [1.82, 2.24) is 10.2 Å². The molecule has 0 aromatic carbocycles. The van der Waals surface area contributed by atoms with E-state index in [1.165, 1.54) is 11.9 Å². The molecule has 1 N–H and O–H groups in total. The first-order valence-electron chi connectivity index (χ1n) is 7.26. The number of esters is 1. The summed E-state index contributed by atoms with van der Waals surface area (Å²) in [5.41, 5.74) is 0. The molecule has 7 nitrogen and oxygen atoms in total. The van der Waals surface area contributed by atoms with Gasteiger partial charge in [-0.3, -0.25) is 24.1 Å². The number of carbonyl (C=O) groups excluding carboxylic acids is 4. The molecule has 1 aliphatic heterocycles. The van der Waals surface area contributed by atoms with Gasteiger partial charge in [-0.15, -0.1) is 0 Å². The van der Waals surface area contributed by atoms with Crippen molar-refractivity contribution in [2.75, 3.05) is 20.2 Å². The van der Waals surface area contributed by atoms with Gasteiger partial charge in [-0.1, -0.05) is 12.8 Å². The molecule has 3 amide bonds. The van der Waals surface area contributed by atoms with E-state index in [0.717, 1.165) is 25.7 Å². The normalized spacial score (nSPS) is 24.7. The van der Waals surface area contributed by atoms with Gasteiger partial charge in [0.05, 0.1) is 18.3 Å². The van der Waals surface area contributed by atoms with Crippen molar-refractivity contribution in [1.29, 1.82) is 0 Å². The Morgan fingerprint density at radius 2 is 1.76 bits per heavy atom. The number of imide groups is 1. The molecule has 2 fully saturated rings. The molecule has 0 aromatic heterocycles. The quantitative estimate of drug-likeness (QED) is 0.562. The minimum Gasteiger partial charge on any atom is -0.456 e. The molecule has 2 rings (SSSR count). The smallest absolute Gasteiger partial charge is 0.308 e. The Morgan fingerprint density at radius 1 is 1.19 bits per heavy atom. The van der Waals surface area contributed by atoms with Crippen LogP contribution in [0.1, 0.15) is 32.1 Å². The number of fused-ring (bicyclic) bond motifs is 1. The highest BCUT2D eigenvalue weighted by molar-refractivity contribution is 6.05. The number of nitrogens with one attached hydrogen (secondary N) is 1. The maximum atomic E-state index is 12.2. The third-order valence-electron chi connectivity index (χ3n) is 4.12. The maximum absolute atomic E-state index is 12.2. The molecule has 2 aliphatic rings. The number of carbonyl (C=O) groups is 4. The van der Waals surface area contributed by atoms with Crippen LogP contribution in [0.3, 0.4) is 0 Å². The van der Waals surface area contributed by atoms with Crippen LogP contribution >= 0.6 is 0 Å². The lowest BCUT2D eigenvalue weighted by Gasteiger charge is -2.19. The molecule has 0 radical (unpaired) electrons. The highest BCUT2D eigenvalue weighted by Gasteiger charge is 2.47. The zero-order valence-electron chi connectivity index (χ0n) is 12.1. The van der Waals surface area contributed by atoms with Crippen molar-refractivity contribution >= 4 is 23.7 Å². The number of ether oxygens (including phenoxy) is 1. The average molecular weight is 296 g/mol. The molecule has 1 heterocycles. The van der Waals surface area contributed by atoms with Gasteiger partial charge in [-0.2, -0.15) is 0 Å². The van der Waals surface area contributed by atoms with Crippen LogP contribution in [0.15, 0.2) is 0 Å². The van der Waals surface area contributed by atoms with Gasteiger partial charge < -0.3 is 10.1 Å². The fourth-order valence-electron chi connectivity index (χ4n) is 2.94. The van der Waals surface area contributed by atoms with Gasteiger partial charge in [-0.25, -0.2) is 0 Å². The van der Waals surface area contributed by atoms with Crippen molar-refractivity contribution in [2.24, 2.45) is 11.8 Å². The molecular formula is C14H20N2O5. The summed E-state index contributed by atoms with van der Waals surface area (Å²) in [6, 6.07) is 0. The van der Waals surface area contributed by atoms with E-state index in [9.17, 15) is 19.2 Å². The summed E-state index contributed by atoms with van der Waals surface area (Å²) in [7, 11) is 1.44. The van der Waals surface area contributed by atoms with E-state index < -0.39 is 11.9 Å². The van der Waals surface area contributed by atoms with E-state index in [4.69, 9.17) is 4.74 Å². The van der Waals surface area contributed by atoms with E-state index in [2.05, 4.69) is 5.32 Å². The van der Waals surface area contributed by atoms with E-state index in [-0.39, 0.29) is 43.2 Å². The molecule has 1 aliphatic carbocycles. The number of hydrogen-bond acceptors (Lipinski definition) is 5. The molecule has 1 saturated carbocycles. The molecule has 0 aromatic rings. The van der Waals surface area contributed by atoms with Gasteiger partial charge >= 0.3 is 5.97 Å². The zero-order chi connectivity index (χ0) is 15.4. The lowest BCUT2D eigenvalue weighted by molar-refractivity contribution is -0.149. The minimum absolute atomic E-state index is 0.0389. The second-order valence-electron chi connectivity index (χ2n) is 5.41. The SMILES string of the molecule is CNC(=O)COC(=O)CCN1C(=O)[C@H]2CCCC[C@@H]2C1=O. The van der Waals surface area contributed by atoms with Gasteiger partial charge in [0.15, 0.2) is 6.61 Å². The van der Waals surface area contributed by atoms with Gasteiger partial charge in [0.2, 0.25) is 11.8 Å². The zero-order valence-corrected chi connectivity index (χ0v) is 12.1. The van der Waals surface area contributed by atoms with E-state index in [1.807, 2.05) is 0 Å². The lowest BCUT2D eigenvalue weighted by atomic mass is 9.81. The van der Waals surface area contributed by atoms with E-state index >= 15 is 0 Å². The summed E-state index contributed by atoms with van der Waals surface area (Å²) in [5, 5.41) is 2.33. The number of nitrogens with zero attached hydrogens (tertiary/aromatic N) is 1. The second kappa shape index (κ2) is 6.69. The second-order valence-corrected chi connectivity index (χ2v) is 5.41. The highest BCUT2D eigenvalue weighted by Crippen LogP contribution is 2.37. The highest BCUT2D eigenvalue weighted by atomic mass is 16.5. The summed E-state index contributed by atoms with van der Waals surface area (Å²) in [6.07, 6.45) is 3.39. The summed E-state index contributed by atoms with van der Waals surface area (Å²) in [6.45, 7) is -0.306. The van der Waals surface area contributed by atoms with Crippen LogP contribution in [0.4, 0.5) is 0 Å². The number of amides is 3. The van der Waals surface area contributed by atoms with E-state index in [0.29, 0.717) is 0 Å². The first-order chi connectivity index (χ1) is 10.0. The minimum atomic E-state index is -0.589. The summed E-state index contributed by atoms with van der Waals surface area (Å²) in [4.78, 5) is 48.0. The predicted molar refractivity (Wildman–Crippen MR) is 71.8 cm³/mol. The molecule has 7 heteroatoms. The lowest BCUT2D eigenvalue weighted by Crippen LogP contribution is -2.34. The van der Waals surface area contributed by atoms with Crippen LogP contribution in [-0.4, -0.2) is 48.8 Å². The largest absolute Gasteiger partial charge is 0.456 e. The van der Waals surface area contributed by atoms with Gasteiger partial charge in [0.1, 0.15) is 0 Å². The number of likely N-dealkylation sites (tertiary alicyclic amines) is 1. The first kappa shape index (κ1) is 15.5. The summed E-state index contributed by atoms with van der Waals surface area (Å²) < 4.78 is 4.74. The molecule has 0 bridgehead atoms. The molecule has 2 atom stereocenters. The standard InChI is InChI=1S/C14H20N2O5/c1-15-11(17)8-21-12(18)6-7-16-13(19)9-4-2-3-5-10(9)14(16)20/h9-10H,2-8H2,1H3,(H,15,17)/t9-,10-/m0/s1. The van der Waals surface area contributed by atoms with Crippen LogP contribution in [-0.2, 0) is 23.9 Å². The topological polar surface area (TPSA) is 92.8 Å². The Hall–Kier alpha value is -1.92. The fraction of sp³-hybridized carbons (Fsp3) is 0.714. The molecule has 0 spiro atoms. The Labute approximate surface area is 123 Å². The fourth-order valence-corrected chi connectivity index (χ4v) is 2.94. The number of likely N-dealkylation sites (N-methyl/N-ethyl adjacent to an activating group) is 1. The van der Waals surface area contributed by atoms with Gasteiger partial charge in [0.25, 0.3) is 5.91 Å². The van der Waals surface area contributed by atoms with Crippen molar-refractivity contribution < 1.29 is 23.9 Å². The van der Waals surface area contributed by atoms with Crippen molar-refractivity contribution in [2.45, 2.75) is 32.1 Å². The molecule has 0 unspecified atom stereocenters. The average Bonchev–Trinajstić information content (AvgIpc) is 2.75. The Morgan fingerprint density at radius 3 is 2.29 bits per heavy atom. The van der Waals surface area contributed by atoms with Crippen molar-refractivity contribution in [3.05, 3.63) is 0 Å². The van der Waals surface area contributed by atoms with Crippen molar-refractivity contribution in [3.8, 4) is 0 Å². The van der Waals surface area contributed by atoms with Crippen LogP contribution in [0.25, 0.3) is 0 Å². The number of hydrogen-bond donors (Lipinski definition) is 1. The molecule has 116 valence electrons. The summed E-state index contributed by atoms with van der Waals surface area (Å²) in [5.74, 6) is -1.72. The Kier molecular flexibility index (Phi) is 4.93. The third-order valence-corrected chi connectivity index (χ3v) is 4.12. The van der Waals surface area contributed by atoms with Gasteiger partial charge in [0, 0.05) is 13.6 Å². The van der Waals surface area contributed by atoms with E-state index in [1.54, 1.807) is 0 Å². The first-order valence-corrected chi connectivity index (χ1v) is 7.26. The molecular weight excluding hydrogens is 276 g/mol. The Bertz CT molecular complexity index is 438. The molecule has 1 saturated heterocycles. The van der Waals surface area contributed by atoms with Crippen LogP contribution in [0.5, 0.6) is 0 Å². The third kappa shape index (κ3) is 3.40. The Balaban J connectivity index is 1.83. The molecule has 21 heavy (non-hydrogen) atoms. The van der Waals surface area contributed by atoms with Crippen LogP contribution < -0.4 is 5.32 Å². The summed E-state index contributed by atoms with van der Waals surface area (Å²) >= 11 is 0. The predicted octanol–water partition coefficient (Wildman–Crippen LogP) is -0.159. The van der Waals surface area contributed by atoms with Crippen LogP contribution in [0, 0.1) is 11.8 Å². The number of rotatable bonds is 5. The maximum Gasteiger partial charge on any atom is 0.308 e. The van der Waals surface area contributed by atoms with Crippen molar-refractivity contribution in [3.63, 3.8) is 0 Å². The monoisotopic (exact) mass is 296 g/mol.